The Morgan fingerprint density at radius 2 is 1.70 bits per heavy atom. The molecule has 1 aromatic carbocycles. The topological polar surface area (TPSA) is 57.7 Å². The Morgan fingerprint density at radius 3 is 2.17 bits per heavy atom. The number of nitrogens with zero attached hydrogens (tertiary/aromatic N) is 2. The molecule has 0 fully saturated rings. The molecular formula is C14H17F3N2O3S. The Hall–Kier alpha value is -1.77. The largest absolute Gasteiger partial charge is 0.516 e. The summed E-state index contributed by atoms with van der Waals surface area (Å²) in [4.78, 5) is 13.7. The first kappa shape index (κ1) is 17.6. The van der Waals surface area contributed by atoms with Crippen LogP contribution in [0.5, 0.6) is 0 Å². The number of benzene rings is 1. The van der Waals surface area contributed by atoms with Crippen LogP contribution in [0.15, 0.2) is 24.3 Å². The van der Waals surface area contributed by atoms with Crippen LogP contribution in [0.4, 0.5) is 24.5 Å². The number of carbonyl (C=O) groups excluding carboxylic acids is 1. The van der Waals surface area contributed by atoms with Crippen LogP contribution in [0.3, 0.4) is 0 Å². The molecule has 0 N–H and O–H groups in total. The van der Waals surface area contributed by atoms with Crippen molar-refractivity contribution in [3.63, 3.8) is 0 Å². The quantitative estimate of drug-likeness (QED) is 0.824. The van der Waals surface area contributed by atoms with Gasteiger partial charge in [0.05, 0.1) is 17.3 Å². The van der Waals surface area contributed by atoms with Crippen LogP contribution < -0.4 is 9.21 Å². The number of hydrogen-bond donors (Lipinski definition) is 0. The number of para-hydroxylation sites is 2. The molecule has 1 atom stereocenters. The first-order valence-electron chi connectivity index (χ1n) is 6.94. The summed E-state index contributed by atoms with van der Waals surface area (Å²) >= 11 is 0. The Morgan fingerprint density at radius 1 is 1.17 bits per heavy atom. The molecule has 0 aromatic heterocycles. The third-order valence-electron chi connectivity index (χ3n) is 3.91. The fourth-order valence-corrected chi connectivity index (χ4v) is 3.55. The molecule has 0 radical (unpaired) electrons. The highest BCUT2D eigenvalue weighted by Gasteiger charge is 2.52. The van der Waals surface area contributed by atoms with Gasteiger partial charge in [-0.3, -0.25) is 9.10 Å². The van der Waals surface area contributed by atoms with Gasteiger partial charge in [-0.15, -0.1) is 0 Å². The average Bonchev–Trinajstić information content (AvgIpc) is 2.55. The molecule has 0 saturated carbocycles. The molecule has 128 valence electrons. The number of fused-ring (bicyclic) bond motifs is 1. The molecule has 1 aliphatic heterocycles. The molecule has 0 unspecified atom stereocenters. The Balaban J connectivity index is 2.69. The number of hydrogen-bond acceptors (Lipinski definition) is 3. The van der Waals surface area contributed by atoms with Crippen molar-refractivity contribution in [1.82, 2.24) is 0 Å². The molecule has 23 heavy (non-hydrogen) atoms. The first-order chi connectivity index (χ1) is 10.5. The second-order valence-corrected chi connectivity index (χ2v) is 7.57. The van der Waals surface area contributed by atoms with Gasteiger partial charge in [0.1, 0.15) is 0 Å². The lowest BCUT2D eigenvalue weighted by atomic mass is 9.94. The van der Waals surface area contributed by atoms with Gasteiger partial charge >= 0.3 is 15.5 Å². The fraction of sp³-hybridized carbons (Fsp3) is 0.500. The molecule has 1 amide bonds. The third kappa shape index (κ3) is 2.89. The minimum atomic E-state index is -5.60. The van der Waals surface area contributed by atoms with Crippen LogP contribution in [0.2, 0.25) is 0 Å². The van der Waals surface area contributed by atoms with Crippen molar-refractivity contribution in [2.75, 3.05) is 22.8 Å². The fourth-order valence-electron chi connectivity index (χ4n) is 2.53. The summed E-state index contributed by atoms with van der Waals surface area (Å²) in [6.45, 7) is 2.80. The minimum Gasteiger partial charge on any atom is -0.313 e. The van der Waals surface area contributed by atoms with Crippen molar-refractivity contribution in [3.05, 3.63) is 24.3 Å². The van der Waals surface area contributed by atoms with Gasteiger partial charge in [-0.25, -0.2) is 0 Å². The van der Waals surface area contributed by atoms with Gasteiger partial charge in [-0.05, 0) is 18.1 Å². The maximum absolute atomic E-state index is 13.0. The second kappa shape index (κ2) is 5.70. The maximum atomic E-state index is 13.0. The van der Waals surface area contributed by atoms with Crippen LogP contribution in [0.25, 0.3) is 0 Å². The van der Waals surface area contributed by atoms with E-state index >= 15 is 0 Å². The Labute approximate surface area is 132 Å². The van der Waals surface area contributed by atoms with Crippen LogP contribution in [0, 0.1) is 11.8 Å². The summed E-state index contributed by atoms with van der Waals surface area (Å²) < 4.78 is 63.4. The van der Waals surface area contributed by atoms with Gasteiger partial charge in [0.2, 0.25) is 5.91 Å². The molecule has 0 spiro atoms. The molecule has 1 aromatic rings. The smallest absolute Gasteiger partial charge is 0.313 e. The summed E-state index contributed by atoms with van der Waals surface area (Å²) in [5.74, 6) is -1.60. The van der Waals surface area contributed by atoms with Crippen LogP contribution in [-0.4, -0.2) is 33.4 Å². The molecule has 2 rings (SSSR count). The van der Waals surface area contributed by atoms with Crippen molar-refractivity contribution in [2.24, 2.45) is 11.8 Å². The van der Waals surface area contributed by atoms with Crippen molar-refractivity contribution < 1.29 is 26.4 Å². The highest BCUT2D eigenvalue weighted by Crippen LogP contribution is 2.40. The van der Waals surface area contributed by atoms with Crippen molar-refractivity contribution in [3.8, 4) is 0 Å². The zero-order valence-electron chi connectivity index (χ0n) is 12.8. The Bertz CT molecular complexity index is 716. The predicted octanol–water partition coefficient (Wildman–Crippen LogP) is 2.59. The first-order valence-corrected chi connectivity index (χ1v) is 8.38. The summed E-state index contributed by atoms with van der Waals surface area (Å²) in [6.07, 6.45) is 0. The average molecular weight is 350 g/mol. The van der Waals surface area contributed by atoms with Gasteiger partial charge in [0.15, 0.2) is 0 Å². The van der Waals surface area contributed by atoms with Crippen LogP contribution in [-0.2, 0) is 14.8 Å². The lowest BCUT2D eigenvalue weighted by Crippen LogP contribution is -2.45. The van der Waals surface area contributed by atoms with E-state index in [0.717, 1.165) is 0 Å². The third-order valence-corrected chi connectivity index (χ3v) is 5.42. The van der Waals surface area contributed by atoms with E-state index in [1.54, 1.807) is 13.8 Å². The predicted molar refractivity (Wildman–Crippen MR) is 80.5 cm³/mol. The highest BCUT2D eigenvalue weighted by molar-refractivity contribution is 7.93. The summed E-state index contributed by atoms with van der Waals surface area (Å²) in [6, 6.07) is 5.67. The number of rotatable bonds is 2. The van der Waals surface area contributed by atoms with Gasteiger partial charge in [-0.2, -0.15) is 21.6 Å². The molecule has 1 aliphatic rings. The van der Waals surface area contributed by atoms with E-state index in [-0.39, 0.29) is 17.3 Å². The number of carbonyl (C=O) groups is 1. The van der Waals surface area contributed by atoms with Crippen molar-refractivity contribution >= 4 is 27.3 Å². The number of alkyl halides is 3. The van der Waals surface area contributed by atoms with E-state index in [9.17, 15) is 26.4 Å². The monoisotopic (exact) mass is 350 g/mol. The number of amides is 1. The van der Waals surface area contributed by atoms with E-state index in [4.69, 9.17) is 0 Å². The van der Waals surface area contributed by atoms with E-state index in [1.807, 2.05) is 0 Å². The number of sulfonamides is 1. The zero-order valence-corrected chi connectivity index (χ0v) is 13.6. The normalized spacial score (nSPS) is 19.8. The number of anilines is 2. The summed E-state index contributed by atoms with van der Waals surface area (Å²) in [5, 5.41) is 0. The van der Waals surface area contributed by atoms with Gasteiger partial charge in [-0.1, -0.05) is 26.0 Å². The lowest BCUT2D eigenvalue weighted by molar-refractivity contribution is -0.122. The molecule has 0 aliphatic carbocycles. The minimum absolute atomic E-state index is 0.133. The lowest BCUT2D eigenvalue weighted by Gasteiger charge is -2.27. The van der Waals surface area contributed by atoms with Gasteiger partial charge in [0.25, 0.3) is 0 Å². The van der Waals surface area contributed by atoms with Gasteiger partial charge < -0.3 is 4.90 Å². The molecule has 1 heterocycles. The van der Waals surface area contributed by atoms with Crippen molar-refractivity contribution in [1.29, 1.82) is 0 Å². The Kier molecular flexibility index (Phi) is 4.36. The highest BCUT2D eigenvalue weighted by atomic mass is 32.2. The second-order valence-electron chi connectivity index (χ2n) is 5.72. The van der Waals surface area contributed by atoms with E-state index < -0.39 is 33.9 Å². The molecule has 0 bridgehead atoms. The zero-order chi connectivity index (χ0) is 17.6. The molecule has 5 nitrogen and oxygen atoms in total. The molecular weight excluding hydrogens is 333 g/mol. The summed E-state index contributed by atoms with van der Waals surface area (Å²) in [5.41, 5.74) is -5.45. The molecule has 0 saturated heterocycles. The maximum Gasteiger partial charge on any atom is 0.516 e. The summed E-state index contributed by atoms with van der Waals surface area (Å²) in [7, 11) is -4.16. The van der Waals surface area contributed by atoms with Gasteiger partial charge in [0, 0.05) is 13.6 Å². The van der Waals surface area contributed by atoms with E-state index in [2.05, 4.69) is 0 Å². The SMILES string of the molecule is CC(C)[C@H]1CN(S(=O)(=O)C(F)(F)F)c2ccccc2N(C)C1=O. The van der Waals surface area contributed by atoms with E-state index in [1.165, 1.54) is 36.2 Å². The van der Waals surface area contributed by atoms with Crippen LogP contribution in [0.1, 0.15) is 13.8 Å². The standard InChI is InChI=1S/C14H17F3N2O3S/c1-9(2)10-8-19(23(21,22)14(15,16)17)12-7-5-4-6-11(12)18(3)13(10)20/h4-7,9-10H,8H2,1-3H3/t10-/m1/s1. The van der Waals surface area contributed by atoms with Crippen LogP contribution >= 0.6 is 0 Å². The van der Waals surface area contributed by atoms with E-state index in [0.29, 0.717) is 4.31 Å². The molecule has 9 heteroatoms. The van der Waals surface area contributed by atoms with Crippen molar-refractivity contribution in [2.45, 2.75) is 19.4 Å². The number of halogens is 3.